The zero-order valence-electron chi connectivity index (χ0n) is 12.4. The number of hydrogen-bond acceptors (Lipinski definition) is 2. The van der Waals surface area contributed by atoms with Crippen molar-refractivity contribution in [3.05, 3.63) is 71.8 Å². The van der Waals surface area contributed by atoms with Gasteiger partial charge in [-0.05, 0) is 36.4 Å². The summed E-state index contributed by atoms with van der Waals surface area (Å²) >= 11 is 0. The van der Waals surface area contributed by atoms with Crippen molar-refractivity contribution in [2.24, 2.45) is 5.92 Å². The van der Waals surface area contributed by atoms with Crippen LogP contribution in [0.5, 0.6) is 0 Å². The summed E-state index contributed by atoms with van der Waals surface area (Å²) in [6.07, 6.45) is 2.83. The van der Waals surface area contributed by atoms with Gasteiger partial charge in [-0.3, -0.25) is 0 Å². The van der Waals surface area contributed by atoms with E-state index >= 15 is 0 Å². The van der Waals surface area contributed by atoms with Crippen molar-refractivity contribution in [1.29, 1.82) is 0 Å². The molecule has 0 saturated heterocycles. The van der Waals surface area contributed by atoms with Crippen LogP contribution in [0.25, 0.3) is 0 Å². The summed E-state index contributed by atoms with van der Waals surface area (Å²) in [7, 11) is 0. The van der Waals surface area contributed by atoms with E-state index < -0.39 is 0 Å². The molecule has 0 heterocycles. The van der Waals surface area contributed by atoms with Crippen molar-refractivity contribution in [2.45, 2.75) is 32.1 Å². The van der Waals surface area contributed by atoms with Crippen LogP contribution in [-0.4, -0.2) is 12.6 Å². The van der Waals surface area contributed by atoms with Crippen LogP contribution in [0, 0.1) is 5.92 Å². The van der Waals surface area contributed by atoms with Gasteiger partial charge in [-0.15, -0.1) is 0 Å². The largest absolute Gasteiger partial charge is 0.374 e. The second kappa shape index (κ2) is 7.39. The summed E-state index contributed by atoms with van der Waals surface area (Å²) in [5.74, 6) is 0.773. The molecule has 21 heavy (non-hydrogen) atoms. The minimum absolute atomic E-state index is 0.453. The Morgan fingerprint density at radius 3 is 2.14 bits per heavy atom. The molecule has 0 radical (unpaired) electrons. The van der Waals surface area contributed by atoms with Gasteiger partial charge in [0.05, 0.1) is 12.7 Å². The average Bonchev–Trinajstić information content (AvgIpc) is 2.51. The maximum Gasteiger partial charge on any atom is 0.0720 e. The second-order valence-corrected chi connectivity index (χ2v) is 5.87. The van der Waals surface area contributed by atoms with Crippen LogP contribution < -0.4 is 5.32 Å². The van der Waals surface area contributed by atoms with E-state index in [2.05, 4.69) is 59.9 Å². The van der Waals surface area contributed by atoms with E-state index in [9.17, 15) is 0 Å². The van der Waals surface area contributed by atoms with Gasteiger partial charge in [-0.1, -0.05) is 60.7 Å². The Kier molecular flexibility index (Phi) is 5.03. The summed E-state index contributed by atoms with van der Waals surface area (Å²) in [6.45, 7) is 2.81. The molecule has 2 aromatic rings. The highest BCUT2D eigenvalue weighted by Gasteiger charge is 2.29. The lowest BCUT2D eigenvalue weighted by atomic mass is 9.82. The van der Waals surface area contributed by atoms with Crippen LogP contribution in [0.3, 0.4) is 0 Å². The van der Waals surface area contributed by atoms with E-state index in [0.29, 0.717) is 6.10 Å². The Morgan fingerprint density at radius 2 is 1.48 bits per heavy atom. The van der Waals surface area contributed by atoms with Gasteiger partial charge in [0.25, 0.3) is 0 Å². The van der Waals surface area contributed by atoms with Gasteiger partial charge < -0.3 is 10.1 Å². The van der Waals surface area contributed by atoms with Gasteiger partial charge in [-0.2, -0.15) is 0 Å². The second-order valence-electron chi connectivity index (χ2n) is 5.87. The van der Waals surface area contributed by atoms with Gasteiger partial charge in [-0.25, -0.2) is 0 Å². The first-order valence-corrected chi connectivity index (χ1v) is 7.80. The molecule has 1 fully saturated rings. The predicted octanol–water partition coefficient (Wildman–Crippen LogP) is 3.77. The van der Waals surface area contributed by atoms with Crippen molar-refractivity contribution >= 4 is 0 Å². The van der Waals surface area contributed by atoms with Crippen molar-refractivity contribution in [3.63, 3.8) is 0 Å². The van der Waals surface area contributed by atoms with Crippen molar-refractivity contribution < 1.29 is 4.74 Å². The molecule has 1 N–H and O–H groups in total. The summed E-state index contributed by atoms with van der Waals surface area (Å²) in [6, 6.07) is 21.0. The van der Waals surface area contributed by atoms with Gasteiger partial charge in [0.1, 0.15) is 0 Å². The van der Waals surface area contributed by atoms with E-state index in [4.69, 9.17) is 4.74 Å². The molecule has 0 bridgehead atoms. The third-order valence-corrected chi connectivity index (χ3v) is 4.13. The van der Waals surface area contributed by atoms with Gasteiger partial charge in [0.15, 0.2) is 0 Å². The normalized spacial score (nSPS) is 21.0. The van der Waals surface area contributed by atoms with Crippen LogP contribution in [0.2, 0.25) is 0 Å². The highest BCUT2D eigenvalue weighted by atomic mass is 16.5. The Labute approximate surface area is 127 Å². The van der Waals surface area contributed by atoms with Crippen molar-refractivity contribution in [2.75, 3.05) is 6.54 Å². The fourth-order valence-corrected chi connectivity index (χ4v) is 2.78. The molecule has 2 aromatic carbocycles. The molecule has 110 valence electrons. The Morgan fingerprint density at radius 1 is 0.857 bits per heavy atom. The lowest BCUT2D eigenvalue weighted by Crippen LogP contribution is -2.37. The Bertz CT molecular complexity index is 520. The van der Waals surface area contributed by atoms with Crippen molar-refractivity contribution in [3.8, 4) is 0 Å². The minimum Gasteiger partial charge on any atom is -0.374 e. The van der Waals surface area contributed by atoms with Gasteiger partial charge in [0.2, 0.25) is 0 Å². The van der Waals surface area contributed by atoms with Gasteiger partial charge >= 0.3 is 0 Å². The highest BCUT2D eigenvalue weighted by molar-refractivity contribution is 5.14. The van der Waals surface area contributed by atoms with E-state index in [1.807, 2.05) is 6.07 Å². The van der Waals surface area contributed by atoms with Crippen LogP contribution in [0.1, 0.15) is 24.0 Å². The van der Waals surface area contributed by atoms with Crippen LogP contribution >= 0.6 is 0 Å². The molecule has 0 unspecified atom stereocenters. The topological polar surface area (TPSA) is 21.3 Å². The molecule has 0 aromatic heterocycles. The third kappa shape index (κ3) is 4.42. The lowest BCUT2D eigenvalue weighted by molar-refractivity contribution is -0.0395. The lowest BCUT2D eigenvalue weighted by Gasteiger charge is -2.35. The third-order valence-electron chi connectivity index (χ3n) is 4.13. The Balaban J connectivity index is 1.28. The average molecular weight is 281 g/mol. The fourth-order valence-electron chi connectivity index (χ4n) is 2.78. The van der Waals surface area contributed by atoms with E-state index in [1.54, 1.807) is 0 Å². The first kappa shape index (κ1) is 14.3. The SMILES string of the molecule is c1ccc(CNCC2CC(OCc3ccccc3)C2)cc1. The molecule has 2 heteroatoms. The zero-order chi connectivity index (χ0) is 14.3. The number of benzene rings is 2. The smallest absolute Gasteiger partial charge is 0.0720 e. The Hall–Kier alpha value is -1.64. The maximum absolute atomic E-state index is 5.93. The molecule has 2 nitrogen and oxygen atoms in total. The molecule has 1 saturated carbocycles. The minimum atomic E-state index is 0.453. The number of rotatable bonds is 7. The first-order valence-electron chi connectivity index (χ1n) is 7.80. The molecule has 1 aliphatic carbocycles. The van der Waals surface area contributed by atoms with Gasteiger partial charge in [0, 0.05) is 6.54 Å². The monoisotopic (exact) mass is 281 g/mol. The summed E-state index contributed by atoms with van der Waals surface area (Å²) in [5, 5.41) is 3.54. The molecular weight excluding hydrogens is 258 g/mol. The quantitative estimate of drug-likeness (QED) is 0.834. The molecule has 0 spiro atoms. The molecular formula is C19H23NO. The fraction of sp³-hybridized carbons (Fsp3) is 0.368. The van der Waals surface area contributed by atoms with Crippen molar-refractivity contribution in [1.82, 2.24) is 5.32 Å². The predicted molar refractivity (Wildman–Crippen MR) is 85.9 cm³/mol. The molecule has 1 aliphatic rings. The number of ether oxygens (including phenoxy) is 1. The molecule has 0 atom stereocenters. The standard InChI is InChI=1S/C19H23NO/c1-3-7-16(8-4-1)13-20-14-18-11-19(12-18)21-15-17-9-5-2-6-10-17/h1-10,18-20H,11-15H2. The highest BCUT2D eigenvalue weighted by Crippen LogP contribution is 2.30. The molecule has 3 rings (SSSR count). The summed E-state index contributed by atoms with van der Waals surface area (Å²) in [4.78, 5) is 0. The zero-order valence-corrected chi connectivity index (χ0v) is 12.4. The van der Waals surface area contributed by atoms with E-state index in [0.717, 1.165) is 25.6 Å². The van der Waals surface area contributed by atoms with Crippen LogP contribution in [0.15, 0.2) is 60.7 Å². The number of hydrogen-bond donors (Lipinski definition) is 1. The van der Waals surface area contributed by atoms with E-state index in [1.165, 1.54) is 24.0 Å². The first-order chi connectivity index (χ1) is 10.4. The van der Waals surface area contributed by atoms with Crippen LogP contribution in [0.4, 0.5) is 0 Å². The number of nitrogens with one attached hydrogen (secondary N) is 1. The summed E-state index contributed by atoms with van der Waals surface area (Å²) < 4.78 is 5.93. The maximum atomic E-state index is 5.93. The molecule has 0 amide bonds. The summed E-state index contributed by atoms with van der Waals surface area (Å²) in [5.41, 5.74) is 2.62. The molecule has 0 aliphatic heterocycles. The van der Waals surface area contributed by atoms with E-state index in [-0.39, 0.29) is 0 Å². The van der Waals surface area contributed by atoms with Crippen LogP contribution in [-0.2, 0) is 17.9 Å².